The molecule has 0 amide bonds. The van der Waals surface area contributed by atoms with Crippen molar-refractivity contribution in [3.05, 3.63) is 157 Å². The van der Waals surface area contributed by atoms with Gasteiger partial charge in [-0.25, -0.2) is 14.8 Å². The predicted octanol–water partition coefficient (Wildman–Crippen LogP) is 9.45. The summed E-state index contributed by atoms with van der Waals surface area (Å²) in [5, 5.41) is 11.6. The number of hydrogen-bond acceptors (Lipinski definition) is 5. The molecule has 0 aliphatic heterocycles. The SMILES string of the molecule is [C-]#[N+]c1cncc(-c2cccc(-c3ccc4c5ccc(-c6cccc(-c7cncc(C#N)c7)n6)cc5n(-c5ccccc5)c4c3)n2)c1. The summed E-state index contributed by atoms with van der Waals surface area (Å²) < 4.78 is 2.29. The Hall–Kier alpha value is -6.96. The number of nitrogens with zero attached hydrogens (tertiary/aromatic N) is 7. The number of para-hydroxylation sites is 1. The van der Waals surface area contributed by atoms with E-state index in [1.165, 1.54) is 0 Å². The number of fused-ring (bicyclic) bond motifs is 3. The zero-order valence-corrected chi connectivity index (χ0v) is 24.9. The zero-order valence-electron chi connectivity index (χ0n) is 24.9. The number of rotatable bonds is 5. The maximum atomic E-state index is 9.35. The van der Waals surface area contributed by atoms with Crippen molar-refractivity contribution in [3.63, 3.8) is 0 Å². The second-order valence-electron chi connectivity index (χ2n) is 11.1. The van der Waals surface area contributed by atoms with Gasteiger partial charge in [-0.1, -0.05) is 54.6 Å². The van der Waals surface area contributed by atoms with Crippen LogP contribution in [0.1, 0.15) is 5.56 Å². The second kappa shape index (κ2) is 11.5. The highest BCUT2D eigenvalue weighted by Gasteiger charge is 2.16. The molecular formula is C40H23N7. The highest BCUT2D eigenvalue weighted by molar-refractivity contribution is 6.11. The number of hydrogen-bond donors (Lipinski definition) is 0. The van der Waals surface area contributed by atoms with Crippen LogP contribution in [0, 0.1) is 17.9 Å². The van der Waals surface area contributed by atoms with Crippen molar-refractivity contribution in [2.24, 2.45) is 0 Å². The molecule has 8 rings (SSSR count). The van der Waals surface area contributed by atoms with Crippen LogP contribution in [-0.2, 0) is 0 Å². The predicted molar refractivity (Wildman–Crippen MR) is 185 cm³/mol. The Kier molecular flexibility index (Phi) is 6.76. The first-order chi connectivity index (χ1) is 23.2. The molecule has 0 bridgehead atoms. The average Bonchev–Trinajstić information content (AvgIpc) is 3.48. The van der Waals surface area contributed by atoms with Gasteiger partial charge in [-0.3, -0.25) is 9.97 Å². The van der Waals surface area contributed by atoms with Crippen LogP contribution in [0.25, 0.3) is 77.4 Å². The van der Waals surface area contributed by atoms with Crippen LogP contribution in [0.2, 0.25) is 0 Å². The second-order valence-corrected chi connectivity index (χ2v) is 11.1. The molecule has 0 atom stereocenters. The Balaban J connectivity index is 1.28. The maximum absolute atomic E-state index is 9.35. The van der Waals surface area contributed by atoms with Crippen LogP contribution in [0.5, 0.6) is 0 Å². The summed E-state index contributed by atoms with van der Waals surface area (Å²) >= 11 is 0. The molecule has 0 saturated heterocycles. The third kappa shape index (κ3) is 5.04. The topological polar surface area (TPSA) is 84.6 Å². The minimum Gasteiger partial charge on any atom is -0.309 e. The first kappa shape index (κ1) is 27.6. The number of aromatic nitrogens is 5. The molecule has 7 heteroatoms. The third-order valence-corrected chi connectivity index (χ3v) is 8.18. The molecule has 0 saturated carbocycles. The highest BCUT2D eigenvalue weighted by atomic mass is 15.0. The van der Waals surface area contributed by atoms with E-state index in [0.29, 0.717) is 11.3 Å². The van der Waals surface area contributed by atoms with Gasteiger partial charge in [0.15, 0.2) is 0 Å². The van der Waals surface area contributed by atoms with Crippen LogP contribution >= 0.6 is 0 Å². The summed E-state index contributed by atoms with van der Waals surface area (Å²) in [5.41, 5.74) is 10.9. The Morgan fingerprint density at radius 2 is 1.11 bits per heavy atom. The van der Waals surface area contributed by atoms with E-state index < -0.39 is 0 Å². The van der Waals surface area contributed by atoms with Gasteiger partial charge in [-0.15, -0.1) is 0 Å². The molecule has 0 N–H and O–H groups in total. The maximum Gasteiger partial charge on any atom is 0.205 e. The zero-order chi connectivity index (χ0) is 31.7. The Morgan fingerprint density at radius 1 is 0.553 bits per heavy atom. The van der Waals surface area contributed by atoms with E-state index in [1.54, 1.807) is 30.9 Å². The lowest BCUT2D eigenvalue weighted by Gasteiger charge is -2.10. The molecule has 218 valence electrons. The fourth-order valence-corrected chi connectivity index (χ4v) is 5.98. The van der Waals surface area contributed by atoms with Crippen LogP contribution in [0.15, 0.2) is 140 Å². The van der Waals surface area contributed by atoms with Gasteiger partial charge in [0.05, 0.1) is 45.9 Å². The summed E-state index contributed by atoms with van der Waals surface area (Å²) in [4.78, 5) is 21.9. The lowest BCUT2D eigenvalue weighted by Crippen LogP contribution is -1.95. The number of nitriles is 1. The molecule has 0 spiro atoms. The largest absolute Gasteiger partial charge is 0.309 e. The van der Waals surface area contributed by atoms with E-state index in [-0.39, 0.29) is 0 Å². The Labute approximate surface area is 270 Å². The van der Waals surface area contributed by atoms with Gasteiger partial charge in [-0.2, -0.15) is 5.26 Å². The molecule has 5 heterocycles. The van der Waals surface area contributed by atoms with Crippen molar-refractivity contribution < 1.29 is 0 Å². The van der Waals surface area contributed by atoms with Gasteiger partial charge in [-0.05, 0) is 60.7 Å². The van der Waals surface area contributed by atoms with Crippen molar-refractivity contribution in [1.82, 2.24) is 24.5 Å². The lowest BCUT2D eigenvalue weighted by atomic mass is 10.0. The van der Waals surface area contributed by atoms with E-state index in [9.17, 15) is 5.26 Å². The molecule has 0 aliphatic rings. The van der Waals surface area contributed by atoms with Gasteiger partial charge in [0.25, 0.3) is 0 Å². The summed E-state index contributed by atoms with van der Waals surface area (Å²) in [6, 6.07) is 40.9. The van der Waals surface area contributed by atoms with Crippen LogP contribution in [-0.4, -0.2) is 24.5 Å². The fraction of sp³-hybridized carbons (Fsp3) is 0. The monoisotopic (exact) mass is 601 g/mol. The summed E-state index contributed by atoms with van der Waals surface area (Å²) in [7, 11) is 0. The minimum atomic E-state index is 0.481. The molecule has 8 aromatic rings. The molecular weight excluding hydrogens is 578 g/mol. The fourth-order valence-electron chi connectivity index (χ4n) is 5.98. The van der Waals surface area contributed by atoms with Crippen LogP contribution < -0.4 is 0 Å². The quantitative estimate of drug-likeness (QED) is 0.184. The molecule has 47 heavy (non-hydrogen) atoms. The molecule has 0 radical (unpaired) electrons. The van der Waals surface area contributed by atoms with Gasteiger partial charge in [0.2, 0.25) is 5.69 Å². The highest BCUT2D eigenvalue weighted by Crippen LogP contribution is 2.37. The molecule has 0 fully saturated rings. The molecule has 0 aliphatic carbocycles. The minimum absolute atomic E-state index is 0.481. The van der Waals surface area contributed by atoms with E-state index in [0.717, 1.165) is 72.5 Å². The molecule has 5 aromatic heterocycles. The van der Waals surface area contributed by atoms with Gasteiger partial charge >= 0.3 is 0 Å². The Bertz CT molecular complexity index is 2400. The molecule has 7 nitrogen and oxygen atoms in total. The van der Waals surface area contributed by atoms with Gasteiger partial charge in [0, 0.05) is 63.5 Å². The first-order valence-electron chi connectivity index (χ1n) is 15.0. The lowest BCUT2D eigenvalue weighted by molar-refractivity contribution is 1.18. The first-order valence-corrected chi connectivity index (χ1v) is 15.0. The van der Waals surface area contributed by atoms with E-state index >= 15 is 0 Å². The Morgan fingerprint density at radius 3 is 1.68 bits per heavy atom. The summed E-state index contributed by atoms with van der Waals surface area (Å²) in [6.45, 7) is 7.36. The van der Waals surface area contributed by atoms with Crippen molar-refractivity contribution in [2.75, 3.05) is 0 Å². The normalized spacial score (nSPS) is 10.9. The smallest absolute Gasteiger partial charge is 0.205 e. The summed E-state index contributed by atoms with van der Waals surface area (Å²) in [5.74, 6) is 0. The van der Waals surface area contributed by atoms with E-state index in [4.69, 9.17) is 16.5 Å². The number of pyridine rings is 4. The van der Waals surface area contributed by atoms with Crippen molar-refractivity contribution in [2.45, 2.75) is 0 Å². The number of benzene rings is 3. The van der Waals surface area contributed by atoms with Crippen LogP contribution in [0.3, 0.4) is 0 Å². The van der Waals surface area contributed by atoms with E-state index in [2.05, 4.69) is 74.0 Å². The summed E-state index contributed by atoms with van der Waals surface area (Å²) in [6.07, 6.45) is 6.57. The van der Waals surface area contributed by atoms with Gasteiger partial charge < -0.3 is 4.57 Å². The van der Waals surface area contributed by atoms with Crippen LogP contribution in [0.4, 0.5) is 5.69 Å². The molecule has 3 aromatic carbocycles. The van der Waals surface area contributed by atoms with Gasteiger partial charge in [0.1, 0.15) is 6.07 Å². The van der Waals surface area contributed by atoms with Crippen molar-refractivity contribution in [1.29, 1.82) is 5.26 Å². The molecule has 0 unspecified atom stereocenters. The van der Waals surface area contributed by atoms with E-state index in [1.807, 2.05) is 60.7 Å². The van der Waals surface area contributed by atoms with Crippen molar-refractivity contribution in [3.8, 4) is 56.8 Å². The standard InChI is InChI=1S/C40H23N7/c1-42-31-18-30(24-44-25-31)38-12-6-10-36(46-38)28-14-16-34-33-15-13-27(19-39(33)47(40(34)20-28)32-7-3-2-4-8-32)35-9-5-11-37(45-35)29-17-26(21-41)22-43-23-29/h2-20,22-25H. The van der Waals surface area contributed by atoms with Crippen molar-refractivity contribution >= 4 is 27.5 Å². The third-order valence-electron chi connectivity index (χ3n) is 8.18. The average molecular weight is 602 g/mol.